The average Bonchev–Trinajstić information content (AvgIpc) is 3.40. The number of aromatic nitrogens is 3. The molecular weight excluding hydrogens is 489 g/mol. The van der Waals surface area contributed by atoms with Crippen molar-refractivity contribution in [3.05, 3.63) is 101 Å². The van der Waals surface area contributed by atoms with Gasteiger partial charge >= 0.3 is 0 Å². The van der Waals surface area contributed by atoms with Gasteiger partial charge in [-0.1, -0.05) is 24.3 Å². The van der Waals surface area contributed by atoms with Crippen molar-refractivity contribution in [3.63, 3.8) is 0 Å². The summed E-state index contributed by atoms with van der Waals surface area (Å²) in [6.07, 6.45) is 1.44. The summed E-state index contributed by atoms with van der Waals surface area (Å²) in [5, 5.41) is 10.5. The second-order valence-electron chi connectivity index (χ2n) is 8.60. The molecule has 194 valence electrons. The minimum Gasteiger partial charge on any atom is -0.497 e. The number of amides is 1. The van der Waals surface area contributed by atoms with Crippen molar-refractivity contribution in [1.82, 2.24) is 14.8 Å². The Morgan fingerprint density at radius 2 is 1.87 bits per heavy atom. The molecule has 10 heteroatoms. The number of hydrogen-bond acceptors (Lipinski definition) is 7. The van der Waals surface area contributed by atoms with Gasteiger partial charge in [0, 0.05) is 11.8 Å². The number of allylic oxidation sites excluding steroid dienone is 1. The van der Waals surface area contributed by atoms with Crippen molar-refractivity contribution in [1.29, 1.82) is 0 Å². The molecule has 0 saturated carbocycles. The summed E-state index contributed by atoms with van der Waals surface area (Å²) in [4.78, 5) is 18.0. The maximum atomic E-state index is 13.7. The Bertz CT molecular complexity index is 1500. The van der Waals surface area contributed by atoms with E-state index < -0.39 is 6.04 Å². The van der Waals surface area contributed by atoms with Crippen molar-refractivity contribution >= 4 is 17.5 Å². The largest absolute Gasteiger partial charge is 0.497 e. The summed E-state index contributed by atoms with van der Waals surface area (Å²) in [5.74, 6) is 1.56. The Morgan fingerprint density at radius 1 is 1.05 bits per heavy atom. The van der Waals surface area contributed by atoms with Crippen molar-refractivity contribution in [3.8, 4) is 17.2 Å². The second-order valence-corrected chi connectivity index (χ2v) is 8.60. The van der Waals surface area contributed by atoms with Crippen LogP contribution in [0, 0.1) is 5.82 Å². The summed E-state index contributed by atoms with van der Waals surface area (Å²) in [5.41, 5.74) is 3.20. The molecule has 1 atom stereocenters. The first kappa shape index (κ1) is 24.8. The lowest BCUT2D eigenvalue weighted by atomic mass is 9.94. The Kier molecular flexibility index (Phi) is 6.94. The number of rotatable bonds is 8. The zero-order valence-corrected chi connectivity index (χ0v) is 21.1. The van der Waals surface area contributed by atoms with Crippen molar-refractivity contribution in [2.45, 2.75) is 19.6 Å². The van der Waals surface area contributed by atoms with E-state index in [-0.39, 0.29) is 18.3 Å². The van der Waals surface area contributed by atoms with Crippen molar-refractivity contribution in [2.24, 2.45) is 0 Å². The summed E-state index contributed by atoms with van der Waals surface area (Å²) >= 11 is 0. The molecule has 3 aromatic carbocycles. The Balaban J connectivity index is 1.46. The van der Waals surface area contributed by atoms with Gasteiger partial charge in [0.2, 0.25) is 5.95 Å². The molecule has 0 fully saturated rings. The molecule has 0 radical (unpaired) electrons. The molecule has 0 saturated heterocycles. The van der Waals surface area contributed by atoms with Crippen LogP contribution in [0.2, 0.25) is 0 Å². The molecule has 0 bridgehead atoms. The first-order valence-electron chi connectivity index (χ1n) is 11.8. The summed E-state index contributed by atoms with van der Waals surface area (Å²) in [6.45, 7) is 2.09. The zero-order chi connectivity index (χ0) is 26.6. The zero-order valence-electron chi connectivity index (χ0n) is 21.1. The third kappa shape index (κ3) is 5.01. The van der Waals surface area contributed by atoms with Crippen LogP contribution in [0.1, 0.15) is 24.1 Å². The maximum absolute atomic E-state index is 13.7. The van der Waals surface area contributed by atoms with Gasteiger partial charge in [0.1, 0.15) is 42.0 Å². The minimum atomic E-state index is -0.577. The fourth-order valence-electron chi connectivity index (χ4n) is 4.31. The van der Waals surface area contributed by atoms with E-state index in [9.17, 15) is 9.18 Å². The quantitative estimate of drug-likeness (QED) is 0.343. The van der Waals surface area contributed by atoms with Gasteiger partial charge in [0.05, 0.1) is 25.5 Å². The molecule has 2 N–H and O–H groups in total. The standard InChI is InChI=1S/C28H26FN5O4/c1-17-25(27(35)33-23-12-11-21(36-2)14-24(23)37-3)26(34-28(32-17)30-16-31-34)19-5-4-6-22(13-19)38-15-18-7-9-20(29)10-8-18/h4-14,16,26H,15H2,1-3H3,(H,33,35)(H,30,31,32). The first-order valence-corrected chi connectivity index (χ1v) is 11.8. The highest BCUT2D eigenvalue weighted by Gasteiger charge is 2.34. The maximum Gasteiger partial charge on any atom is 0.255 e. The fraction of sp³-hybridized carbons (Fsp3) is 0.179. The summed E-state index contributed by atoms with van der Waals surface area (Å²) in [7, 11) is 3.09. The molecule has 1 aliphatic heterocycles. The highest BCUT2D eigenvalue weighted by atomic mass is 19.1. The van der Waals surface area contributed by atoms with E-state index in [1.54, 1.807) is 42.1 Å². The number of ether oxygens (including phenoxy) is 3. The number of fused-ring (bicyclic) bond motifs is 1. The van der Waals surface area contributed by atoms with Crippen LogP contribution in [0.25, 0.3) is 0 Å². The van der Waals surface area contributed by atoms with E-state index >= 15 is 0 Å². The molecular formula is C28H26FN5O4. The first-order chi connectivity index (χ1) is 18.5. The van der Waals surface area contributed by atoms with E-state index in [1.165, 1.54) is 25.6 Å². The van der Waals surface area contributed by atoms with E-state index in [0.29, 0.717) is 40.2 Å². The topological polar surface area (TPSA) is 99.5 Å². The van der Waals surface area contributed by atoms with Crippen LogP contribution in [-0.4, -0.2) is 34.9 Å². The number of methoxy groups -OCH3 is 2. The predicted octanol–water partition coefficient (Wildman–Crippen LogP) is 4.94. The van der Waals surface area contributed by atoms with Crippen LogP contribution in [0.5, 0.6) is 17.2 Å². The molecule has 5 rings (SSSR count). The molecule has 0 spiro atoms. The Hall–Kier alpha value is -4.86. The average molecular weight is 516 g/mol. The number of nitrogens with zero attached hydrogens (tertiary/aromatic N) is 3. The molecule has 1 unspecified atom stereocenters. The number of benzene rings is 3. The highest BCUT2D eigenvalue weighted by molar-refractivity contribution is 6.06. The number of nitrogens with one attached hydrogen (secondary N) is 2. The number of carbonyl (C=O) groups excluding carboxylic acids is 1. The third-order valence-corrected chi connectivity index (χ3v) is 6.19. The monoisotopic (exact) mass is 515 g/mol. The fourth-order valence-corrected chi connectivity index (χ4v) is 4.31. The Labute approximate surface area is 218 Å². The van der Waals surface area contributed by atoms with Crippen LogP contribution >= 0.6 is 0 Å². The van der Waals surface area contributed by atoms with Crippen molar-refractivity contribution in [2.75, 3.05) is 24.9 Å². The van der Waals surface area contributed by atoms with Crippen LogP contribution in [0.4, 0.5) is 16.0 Å². The number of carbonyl (C=O) groups is 1. The molecule has 38 heavy (non-hydrogen) atoms. The van der Waals surface area contributed by atoms with E-state index in [0.717, 1.165) is 11.1 Å². The molecule has 4 aromatic rings. The SMILES string of the molecule is COc1ccc(NC(=O)C2=C(C)Nc3ncnn3C2c2cccc(OCc3ccc(F)cc3)c2)c(OC)c1. The lowest BCUT2D eigenvalue weighted by Gasteiger charge is -2.29. The van der Waals surface area contributed by atoms with Crippen LogP contribution in [0.15, 0.2) is 84.3 Å². The van der Waals surface area contributed by atoms with Gasteiger partial charge < -0.3 is 24.8 Å². The van der Waals surface area contributed by atoms with E-state index in [1.807, 2.05) is 31.2 Å². The molecule has 1 aliphatic rings. The van der Waals surface area contributed by atoms with Gasteiger partial charge in [-0.05, 0) is 54.4 Å². The minimum absolute atomic E-state index is 0.268. The molecule has 1 amide bonds. The van der Waals surface area contributed by atoms with Crippen LogP contribution in [-0.2, 0) is 11.4 Å². The Morgan fingerprint density at radius 3 is 2.63 bits per heavy atom. The number of anilines is 2. The highest BCUT2D eigenvalue weighted by Crippen LogP contribution is 2.37. The third-order valence-electron chi connectivity index (χ3n) is 6.19. The lowest BCUT2D eigenvalue weighted by molar-refractivity contribution is -0.113. The second kappa shape index (κ2) is 10.6. The smallest absolute Gasteiger partial charge is 0.255 e. The van der Waals surface area contributed by atoms with Crippen LogP contribution < -0.4 is 24.8 Å². The van der Waals surface area contributed by atoms with Gasteiger partial charge in [-0.2, -0.15) is 10.1 Å². The van der Waals surface area contributed by atoms with Gasteiger partial charge in [0.15, 0.2) is 0 Å². The predicted molar refractivity (Wildman–Crippen MR) is 140 cm³/mol. The van der Waals surface area contributed by atoms with E-state index in [2.05, 4.69) is 20.7 Å². The van der Waals surface area contributed by atoms with Crippen molar-refractivity contribution < 1.29 is 23.4 Å². The number of halogens is 1. The molecule has 0 aliphatic carbocycles. The van der Waals surface area contributed by atoms with Gasteiger partial charge in [-0.25, -0.2) is 9.07 Å². The summed E-state index contributed by atoms with van der Waals surface area (Å²) in [6, 6.07) is 18.2. The lowest BCUT2D eigenvalue weighted by Crippen LogP contribution is -2.31. The van der Waals surface area contributed by atoms with Gasteiger partial charge in [-0.15, -0.1) is 0 Å². The van der Waals surface area contributed by atoms with Crippen LogP contribution in [0.3, 0.4) is 0 Å². The van der Waals surface area contributed by atoms with Gasteiger partial charge in [0.25, 0.3) is 5.91 Å². The molecule has 9 nitrogen and oxygen atoms in total. The molecule has 1 aromatic heterocycles. The van der Waals surface area contributed by atoms with E-state index in [4.69, 9.17) is 14.2 Å². The normalized spacial score (nSPS) is 14.4. The number of hydrogen-bond donors (Lipinski definition) is 2. The van der Waals surface area contributed by atoms with Gasteiger partial charge in [-0.3, -0.25) is 4.79 Å². The summed E-state index contributed by atoms with van der Waals surface area (Å²) < 4.78 is 31.6. The molecule has 2 heterocycles.